The Labute approximate surface area is 144 Å². The molecule has 0 aromatic heterocycles. The third-order valence-electron chi connectivity index (χ3n) is 3.32. The van der Waals surface area contributed by atoms with Gasteiger partial charge in [0.05, 0.1) is 28.5 Å². The molecule has 0 bridgehead atoms. The minimum absolute atomic E-state index is 0.0439. The van der Waals surface area contributed by atoms with Crippen molar-refractivity contribution >= 4 is 44.8 Å². The monoisotopic (exact) mass is 398 g/mol. The number of nitrogens with two attached hydrogens (primary N) is 1. The van der Waals surface area contributed by atoms with Crippen molar-refractivity contribution in [2.75, 3.05) is 6.54 Å². The smallest absolute Gasteiger partial charge is 0.138 e. The van der Waals surface area contributed by atoms with Gasteiger partial charge in [0.2, 0.25) is 0 Å². The number of benzene rings is 2. The summed E-state index contributed by atoms with van der Waals surface area (Å²) < 4.78 is 29.0. The fourth-order valence-electron chi connectivity index (χ4n) is 2.28. The highest BCUT2D eigenvalue weighted by atomic mass is 79.9. The van der Waals surface area contributed by atoms with Crippen LogP contribution < -0.4 is 11.3 Å². The Kier molecular flexibility index (Phi) is 4.43. The molecule has 8 heteroatoms. The van der Waals surface area contributed by atoms with Crippen LogP contribution in [0, 0.1) is 11.6 Å². The van der Waals surface area contributed by atoms with Crippen molar-refractivity contribution in [1.82, 2.24) is 5.43 Å². The quantitative estimate of drug-likeness (QED) is 0.567. The van der Waals surface area contributed by atoms with Gasteiger partial charge in [0.15, 0.2) is 0 Å². The van der Waals surface area contributed by atoms with Gasteiger partial charge in [0.25, 0.3) is 0 Å². The van der Waals surface area contributed by atoms with Crippen molar-refractivity contribution in [2.45, 2.75) is 0 Å². The van der Waals surface area contributed by atoms with E-state index in [0.717, 1.165) is 0 Å². The zero-order chi connectivity index (χ0) is 16.6. The van der Waals surface area contributed by atoms with Gasteiger partial charge < -0.3 is 5.43 Å². The number of amidine groups is 1. The highest BCUT2D eigenvalue weighted by molar-refractivity contribution is 9.10. The van der Waals surface area contributed by atoms with E-state index in [1.807, 2.05) is 0 Å². The Morgan fingerprint density at radius 3 is 2.48 bits per heavy atom. The molecule has 4 nitrogen and oxygen atoms in total. The van der Waals surface area contributed by atoms with Gasteiger partial charge in [-0.2, -0.15) is 0 Å². The number of hydrogen-bond donors (Lipinski definition) is 2. The lowest BCUT2D eigenvalue weighted by atomic mass is 9.99. The van der Waals surface area contributed by atoms with Crippen molar-refractivity contribution < 1.29 is 8.78 Å². The van der Waals surface area contributed by atoms with Crippen LogP contribution in [0.2, 0.25) is 5.02 Å². The summed E-state index contributed by atoms with van der Waals surface area (Å²) in [6, 6.07) is 6.99. The molecule has 0 fully saturated rings. The highest BCUT2D eigenvalue weighted by Gasteiger charge is 2.25. The molecule has 0 saturated heterocycles. The summed E-state index contributed by atoms with van der Waals surface area (Å²) in [5.41, 5.74) is 3.03. The van der Waals surface area contributed by atoms with E-state index in [9.17, 15) is 8.78 Å². The summed E-state index contributed by atoms with van der Waals surface area (Å²) in [6.07, 6.45) is 0. The van der Waals surface area contributed by atoms with Crippen LogP contribution in [0.5, 0.6) is 0 Å². The van der Waals surface area contributed by atoms with Crippen LogP contribution in [0.25, 0.3) is 0 Å². The van der Waals surface area contributed by atoms with Crippen molar-refractivity contribution in [3.8, 4) is 0 Å². The fraction of sp³-hybridized carbons (Fsp3) is 0.0667. The van der Waals surface area contributed by atoms with Gasteiger partial charge in [-0.25, -0.2) is 19.6 Å². The maximum atomic E-state index is 14.2. The average molecular weight is 400 g/mol. The lowest BCUT2D eigenvalue weighted by Crippen LogP contribution is -2.32. The molecule has 3 N–H and O–H groups in total. The second-order valence-corrected chi connectivity index (χ2v) is 5.95. The van der Waals surface area contributed by atoms with Crippen molar-refractivity contribution in [2.24, 2.45) is 15.8 Å². The summed E-state index contributed by atoms with van der Waals surface area (Å²) in [5.74, 6) is 4.31. The molecule has 2 aromatic rings. The normalized spacial score (nSPS) is 13.8. The second-order valence-electron chi connectivity index (χ2n) is 4.72. The lowest BCUT2D eigenvalue weighted by Gasteiger charge is -2.13. The first-order chi connectivity index (χ1) is 11.0. The van der Waals surface area contributed by atoms with Crippen LogP contribution in [-0.4, -0.2) is 18.1 Å². The van der Waals surface area contributed by atoms with Crippen molar-refractivity contribution in [3.63, 3.8) is 0 Å². The first kappa shape index (κ1) is 16.0. The van der Waals surface area contributed by atoms with Crippen LogP contribution in [0.4, 0.5) is 14.5 Å². The van der Waals surface area contributed by atoms with E-state index in [1.165, 1.54) is 18.2 Å². The second kappa shape index (κ2) is 6.35. The van der Waals surface area contributed by atoms with Gasteiger partial charge >= 0.3 is 0 Å². The predicted octanol–water partition coefficient (Wildman–Crippen LogP) is 3.73. The number of halogens is 4. The SMILES string of the molecule is NNC1=Nc2ccc(Br)c(Cl)c2C(c2c(F)cccc2F)=NC1. The molecule has 1 aliphatic rings. The predicted molar refractivity (Wildman–Crippen MR) is 90.4 cm³/mol. The third-order valence-corrected chi connectivity index (χ3v) is 4.60. The van der Waals surface area contributed by atoms with E-state index in [-0.39, 0.29) is 22.8 Å². The molecule has 0 saturated carbocycles. The topological polar surface area (TPSA) is 62.8 Å². The zero-order valence-electron chi connectivity index (χ0n) is 11.6. The Balaban J connectivity index is 2.33. The summed E-state index contributed by atoms with van der Waals surface area (Å²) in [4.78, 5) is 8.58. The Hall–Kier alpha value is -1.83. The number of hydrazine groups is 1. The van der Waals surface area contributed by atoms with E-state index >= 15 is 0 Å². The maximum absolute atomic E-state index is 14.2. The zero-order valence-corrected chi connectivity index (χ0v) is 13.9. The molecule has 0 atom stereocenters. The number of nitrogens with one attached hydrogen (secondary N) is 1. The molecule has 0 spiro atoms. The summed E-state index contributed by atoms with van der Waals surface area (Å²) in [6.45, 7) is 0.0439. The number of hydrogen-bond acceptors (Lipinski definition) is 4. The minimum atomic E-state index is -0.727. The molecule has 0 unspecified atom stereocenters. The van der Waals surface area contributed by atoms with Gasteiger partial charge in [-0.1, -0.05) is 17.7 Å². The van der Waals surface area contributed by atoms with Crippen LogP contribution in [-0.2, 0) is 0 Å². The maximum Gasteiger partial charge on any atom is 0.138 e. The largest absolute Gasteiger partial charge is 0.310 e. The molecule has 118 valence electrons. The summed E-state index contributed by atoms with van der Waals surface area (Å²) in [5, 5.41) is 0.269. The van der Waals surface area contributed by atoms with Gasteiger partial charge in [-0.15, -0.1) is 0 Å². The van der Waals surface area contributed by atoms with Crippen LogP contribution >= 0.6 is 27.5 Å². The van der Waals surface area contributed by atoms with E-state index in [0.29, 0.717) is 21.6 Å². The van der Waals surface area contributed by atoms with Crippen LogP contribution in [0.1, 0.15) is 11.1 Å². The third kappa shape index (κ3) is 2.87. The van der Waals surface area contributed by atoms with Crippen molar-refractivity contribution in [1.29, 1.82) is 0 Å². The molecule has 3 rings (SSSR count). The molecule has 2 aromatic carbocycles. The first-order valence-electron chi connectivity index (χ1n) is 6.54. The van der Waals surface area contributed by atoms with Gasteiger partial charge in [0.1, 0.15) is 17.5 Å². The Morgan fingerprint density at radius 2 is 1.83 bits per heavy atom. The average Bonchev–Trinajstić information content (AvgIpc) is 2.71. The fourth-order valence-corrected chi connectivity index (χ4v) is 2.86. The lowest BCUT2D eigenvalue weighted by molar-refractivity contribution is 0.579. The molecular weight excluding hydrogens is 390 g/mol. The van der Waals surface area contributed by atoms with E-state index in [1.54, 1.807) is 12.1 Å². The molecule has 0 aliphatic carbocycles. The van der Waals surface area contributed by atoms with E-state index in [2.05, 4.69) is 31.3 Å². The van der Waals surface area contributed by atoms with Gasteiger partial charge in [0, 0.05) is 10.0 Å². The molecular formula is C15H10BrClF2N4. The van der Waals surface area contributed by atoms with E-state index in [4.69, 9.17) is 17.4 Å². The number of fused-ring (bicyclic) bond motifs is 1. The van der Waals surface area contributed by atoms with Gasteiger partial charge in [-0.05, 0) is 40.2 Å². The molecule has 1 aliphatic heterocycles. The molecule has 23 heavy (non-hydrogen) atoms. The Morgan fingerprint density at radius 1 is 1.13 bits per heavy atom. The van der Waals surface area contributed by atoms with E-state index < -0.39 is 11.6 Å². The number of aliphatic imine (C=N–C) groups is 2. The van der Waals surface area contributed by atoms with Crippen LogP contribution in [0.3, 0.4) is 0 Å². The molecule has 1 heterocycles. The highest BCUT2D eigenvalue weighted by Crippen LogP contribution is 2.37. The molecule has 0 radical (unpaired) electrons. The summed E-state index contributed by atoms with van der Waals surface area (Å²) in [7, 11) is 0. The van der Waals surface area contributed by atoms with Gasteiger partial charge in [-0.3, -0.25) is 4.99 Å². The van der Waals surface area contributed by atoms with Crippen molar-refractivity contribution in [3.05, 3.63) is 62.6 Å². The summed E-state index contributed by atoms with van der Waals surface area (Å²) >= 11 is 9.64. The first-order valence-corrected chi connectivity index (χ1v) is 7.71. The number of nitrogens with zero attached hydrogens (tertiary/aromatic N) is 2. The minimum Gasteiger partial charge on any atom is -0.310 e. The number of rotatable bonds is 1. The van der Waals surface area contributed by atoms with Crippen LogP contribution in [0.15, 0.2) is 44.8 Å². The standard InChI is InChI=1S/C15H10BrClF2N4/c16-7-4-5-10-13(14(7)17)15(21-6-11(22-10)23-20)12-8(18)2-1-3-9(12)19/h1-5H,6,20H2,(H,22,23). The Bertz CT molecular complexity index is 831. The molecule has 0 amide bonds.